The molecule has 1 rings (SSSR count). The zero-order chi connectivity index (χ0) is 13.6. The molecule has 0 heterocycles. The summed E-state index contributed by atoms with van der Waals surface area (Å²) in [5.74, 6) is -0.739. The molecular weight excluding hydrogens is 252 g/mol. The summed E-state index contributed by atoms with van der Waals surface area (Å²) in [7, 11) is -2.52. The van der Waals surface area contributed by atoms with E-state index in [4.69, 9.17) is 0 Å². The number of ether oxygens (including phenoxy) is 1. The maximum Gasteiger partial charge on any atom is 0.324 e. The van der Waals surface area contributed by atoms with Gasteiger partial charge in [0, 0.05) is 0 Å². The Balaban J connectivity index is 3.16. The molecule has 0 aliphatic carbocycles. The molecule has 0 bridgehead atoms. The molecule has 0 aliphatic heterocycles. The van der Waals surface area contributed by atoms with Crippen molar-refractivity contribution in [3.05, 3.63) is 42.5 Å². The fraction of sp³-hybridized carbons (Fsp3) is 0.308. The molecule has 0 aliphatic rings. The van der Waals surface area contributed by atoms with Crippen molar-refractivity contribution >= 4 is 15.8 Å². The lowest BCUT2D eigenvalue weighted by molar-refractivity contribution is -0.140. The van der Waals surface area contributed by atoms with E-state index in [1.807, 2.05) is 0 Å². The Morgan fingerprint density at radius 2 is 1.94 bits per heavy atom. The first kappa shape index (κ1) is 14.4. The number of esters is 1. The molecule has 1 aromatic rings. The highest BCUT2D eigenvalue weighted by Gasteiger charge is 2.33. The number of carbonyl (C=O) groups excluding carboxylic acids is 1. The predicted octanol–water partition coefficient (Wildman–Crippen LogP) is 1.97. The molecule has 18 heavy (non-hydrogen) atoms. The van der Waals surface area contributed by atoms with Crippen molar-refractivity contribution in [2.45, 2.75) is 23.5 Å². The van der Waals surface area contributed by atoms with Crippen LogP contribution in [0.3, 0.4) is 0 Å². The van der Waals surface area contributed by atoms with Crippen LogP contribution in [0.2, 0.25) is 0 Å². The molecule has 0 amide bonds. The van der Waals surface area contributed by atoms with E-state index in [-0.39, 0.29) is 11.3 Å². The lowest BCUT2D eigenvalue weighted by Gasteiger charge is -2.13. The van der Waals surface area contributed by atoms with Crippen molar-refractivity contribution in [2.75, 3.05) is 7.11 Å². The van der Waals surface area contributed by atoms with Gasteiger partial charge in [0.25, 0.3) is 0 Å². The average molecular weight is 268 g/mol. The minimum Gasteiger partial charge on any atom is -0.468 e. The second kappa shape index (κ2) is 6.35. The van der Waals surface area contributed by atoms with Gasteiger partial charge >= 0.3 is 5.97 Å². The van der Waals surface area contributed by atoms with Gasteiger partial charge in [-0.05, 0) is 25.5 Å². The van der Waals surface area contributed by atoms with E-state index in [0.717, 1.165) is 0 Å². The first-order chi connectivity index (χ1) is 8.54. The molecule has 0 spiro atoms. The van der Waals surface area contributed by atoms with Gasteiger partial charge in [-0.1, -0.05) is 30.4 Å². The maximum absolute atomic E-state index is 12.3. The summed E-state index contributed by atoms with van der Waals surface area (Å²) in [6, 6.07) is 7.91. The van der Waals surface area contributed by atoms with Gasteiger partial charge in [0.2, 0.25) is 0 Å². The van der Waals surface area contributed by atoms with E-state index in [0.29, 0.717) is 0 Å². The Bertz CT molecular complexity index is 517. The molecule has 5 heteroatoms. The van der Waals surface area contributed by atoms with Crippen LogP contribution in [-0.2, 0) is 19.4 Å². The summed E-state index contributed by atoms with van der Waals surface area (Å²) in [4.78, 5) is 11.7. The number of rotatable bonds is 5. The van der Waals surface area contributed by atoms with Gasteiger partial charge in [-0.2, -0.15) is 0 Å². The van der Waals surface area contributed by atoms with Crippen molar-refractivity contribution in [3.63, 3.8) is 0 Å². The van der Waals surface area contributed by atoms with E-state index in [1.54, 1.807) is 37.3 Å². The molecule has 0 radical (unpaired) electrons. The number of methoxy groups -OCH3 is 1. The summed E-state index contributed by atoms with van der Waals surface area (Å²) in [5, 5.41) is -1.19. The monoisotopic (exact) mass is 268 g/mol. The summed E-state index contributed by atoms with van der Waals surface area (Å²) in [5.41, 5.74) is 0. The second-order valence-corrected chi connectivity index (χ2v) is 5.81. The highest BCUT2D eigenvalue weighted by atomic mass is 32.2. The molecule has 0 saturated carbocycles. The smallest absolute Gasteiger partial charge is 0.324 e. The zero-order valence-electron chi connectivity index (χ0n) is 10.4. The summed E-state index contributed by atoms with van der Waals surface area (Å²) < 4.78 is 29.2. The van der Waals surface area contributed by atoms with Crippen molar-refractivity contribution in [2.24, 2.45) is 0 Å². The standard InChI is InChI=1S/C13H16O4S/c1-3-4-10-12(13(14)17-2)18(15,16)11-8-6-5-7-9-11/h3-9,12H,10H2,1-2H3/b4-3+. The van der Waals surface area contributed by atoms with Crippen LogP contribution in [-0.4, -0.2) is 26.7 Å². The maximum atomic E-state index is 12.3. The number of sulfone groups is 1. The highest BCUT2D eigenvalue weighted by molar-refractivity contribution is 7.92. The van der Waals surface area contributed by atoms with Crippen LogP contribution in [0.25, 0.3) is 0 Å². The van der Waals surface area contributed by atoms with Crippen molar-refractivity contribution < 1.29 is 17.9 Å². The molecule has 0 saturated heterocycles. The van der Waals surface area contributed by atoms with Crippen LogP contribution in [0.15, 0.2) is 47.4 Å². The molecule has 0 N–H and O–H groups in total. The van der Waals surface area contributed by atoms with E-state index in [2.05, 4.69) is 4.74 Å². The number of allylic oxidation sites excluding steroid dienone is 2. The van der Waals surface area contributed by atoms with Crippen molar-refractivity contribution in [1.82, 2.24) is 0 Å². The molecule has 1 unspecified atom stereocenters. The normalized spacial score (nSPS) is 13.4. The first-order valence-corrected chi connectivity index (χ1v) is 7.06. The molecule has 0 aromatic heterocycles. The average Bonchev–Trinajstić information content (AvgIpc) is 2.39. The third-order valence-corrected chi connectivity index (χ3v) is 4.56. The number of hydrogen-bond acceptors (Lipinski definition) is 4. The number of benzene rings is 1. The van der Waals surface area contributed by atoms with Crippen LogP contribution in [0.4, 0.5) is 0 Å². The Kier molecular flexibility index (Phi) is 5.09. The van der Waals surface area contributed by atoms with Crippen LogP contribution < -0.4 is 0 Å². The molecule has 0 fully saturated rings. The third kappa shape index (κ3) is 3.20. The molecular formula is C13H16O4S. The first-order valence-electron chi connectivity index (χ1n) is 5.52. The fourth-order valence-corrected chi connectivity index (χ4v) is 3.09. The molecule has 1 atom stereocenters. The number of hydrogen-bond donors (Lipinski definition) is 0. The topological polar surface area (TPSA) is 60.4 Å². The van der Waals surface area contributed by atoms with E-state index < -0.39 is 21.1 Å². The zero-order valence-corrected chi connectivity index (χ0v) is 11.2. The van der Waals surface area contributed by atoms with E-state index >= 15 is 0 Å². The van der Waals surface area contributed by atoms with Crippen LogP contribution in [0.1, 0.15) is 13.3 Å². The predicted molar refractivity (Wildman–Crippen MR) is 68.9 cm³/mol. The Labute approximate surface area is 107 Å². The van der Waals surface area contributed by atoms with Gasteiger partial charge in [0.05, 0.1) is 12.0 Å². The Morgan fingerprint density at radius 1 is 1.33 bits per heavy atom. The lowest BCUT2D eigenvalue weighted by atomic mass is 10.3. The van der Waals surface area contributed by atoms with Crippen LogP contribution >= 0.6 is 0 Å². The van der Waals surface area contributed by atoms with E-state index in [1.165, 1.54) is 19.2 Å². The number of carbonyl (C=O) groups is 1. The summed E-state index contributed by atoms with van der Waals surface area (Å²) >= 11 is 0. The second-order valence-electron chi connectivity index (χ2n) is 3.67. The highest BCUT2D eigenvalue weighted by Crippen LogP contribution is 2.19. The molecule has 4 nitrogen and oxygen atoms in total. The Morgan fingerprint density at radius 3 is 2.44 bits per heavy atom. The van der Waals surface area contributed by atoms with Gasteiger partial charge < -0.3 is 4.74 Å². The largest absolute Gasteiger partial charge is 0.468 e. The fourth-order valence-electron chi connectivity index (χ4n) is 1.52. The van der Waals surface area contributed by atoms with Crippen molar-refractivity contribution in [3.8, 4) is 0 Å². The van der Waals surface area contributed by atoms with Gasteiger partial charge in [-0.3, -0.25) is 4.79 Å². The minimum atomic E-state index is -3.71. The quantitative estimate of drug-likeness (QED) is 0.605. The lowest BCUT2D eigenvalue weighted by Crippen LogP contribution is -2.31. The van der Waals surface area contributed by atoms with Gasteiger partial charge in [0.15, 0.2) is 15.1 Å². The third-order valence-electron chi connectivity index (χ3n) is 2.50. The molecule has 98 valence electrons. The SMILES string of the molecule is C/C=C/CC(C(=O)OC)S(=O)(=O)c1ccccc1. The van der Waals surface area contributed by atoms with Crippen molar-refractivity contribution in [1.29, 1.82) is 0 Å². The van der Waals surface area contributed by atoms with Gasteiger partial charge in [-0.25, -0.2) is 8.42 Å². The van der Waals surface area contributed by atoms with E-state index in [9.17, 15) is 13.2 Å². The minimum absolute atomic E-state index is 0.112. The summed E-state index contributed by atoms with van der Waals surface area (Å²) in [6.45, 7) is 1.77. The van der Waals surface area contributed by atoms with Gasteiger partial charge in [0.1, 0.15) is 0 Å². The van der Waals surface area contributed by atoms with Crippen LogP contribution in [0.5, 0.6) is 0 Å². The van der Waals surface area contributed by atoms with Crippen LogP contribution in [0, 0.1) is 0 Å². The summed E-state index contributed by atoms with van der Waals surface area (Å²) in [6.07, 6.45) is 3.46. The Hall–Kier alpha value is -1.62. The van der Waals surface area contributed by atoms with Gasteiger partial charge in [-0.15, -0.1) is 0 Å². The molecule has 1 aromatic carbocycles.